The summed E-state index contributed by atoms with van der Waals surface area (Å²) in [5.74, 6) is 0. The minimum absolute atomic E-state index is 0.0567. The van der Waals surface area contributed by atoms with Gasteiger partial charge in [-0.1, -0.05) is 208 Å². The normalized spacial score (nSPS) is 13.0. The molecular formula is C63H42. The maximum absolute atomic E-state index is 2.51. The maximum Gasteiger partial charge on any atom is 0.0158 e. The molecule has 0 fully saturated rings. The number of rotatable bonds is 4. The van der Waals surface area contributed by atoms with Crippen molar-refractivity contribution in [2.45, 2.75) is 19.3 Å². The number of hydrogen-bond donors (Lipinski definition) is 0. The lowest BCUT2D eigenvalue weighted by Crippen LogP contribution is -2.14. The van der Waals surface area contributed by atoms with E-state index in [-0.39, 0.29) is 5.41 Å². The zero-order valence-electron chi connectivity index (χ0n) is 35.3. The summed E-state index contributed by atoms with van der Waals surface area (Å²) in [5.41, 5.74) is 15.4. The van der Waals surface area contributed by atoms with Crippen molar-refractivity contribution in [2.75, 3.05) is 0 Å². The lowest BCUT2D eigenvalue weighted by atomic mass is 9.81. The molecule has 0 spiro atoms. The second kappa shape index (κ2) is 13.6. The van der Waals surface area contributed by atoms with Crippen molar-refractivity contribution in [3.63, 3.8) is 0 Å². The molecule has 0 radical (unpaired) electrons. The molecule has 0 atom stereocenters. The van der Waals surface area contributed by atoms with Crippen LogP contribution in [0.25, 0.3) is 120 Å². The molecule has 0 nitrogen and oxygen atoms in total. The monoisotopic (exact) mass is 798 g/mol. The average Bonchev–Trinajstić information content (AvgIpc) is 3.56. The highest BCUT2D eigenvalue weighted by Gasteiger charge is 2.35. The maximum atomic E-state index is 2.51. The van der Waals surface area contributed by atoms with Crippen LogP contribution >= 0.6 is 0 Å². The van der Waals surface area contributed by atoms with Crippen molar-refractivity contribution in [1.29, 1.82) is 0 Å². The van der Waals surface area contributed by atoms with Crippen LogP contribution in [0.4, 0.5) is 0 Å². The Morgan fingerprint density at radius 3 is 1.11 bits per heavy atom. The van der Waals surface area contributed by atoms with Gasteiger partial charge in [-0.05, 0) is 156 Å². The van der Waals surface area contributed by atoms with Gasteiger partial charge >= 0.3 is 0 Å². The van der Waals surface area contributed by atoms with Gasteiger partial charge < -0.3 is 0 Å². The van der Waals surface area contributed by atoms with Gasteiger partial charge in [0.05, 0.1) is 0 Å². The summed E-state index contributed by atoms with van der Waals surface area (Å²) in [6.45, 7) is 4.73. The number of hydrogen-bond acceptors (Lipinski definition) is 0. The predicted octanol–water partition coefficient (Wildman–Crippen LogP) is 17.6. The molecule has 63 heavy (non-hydrogen) atoms. The first-order chi connectivity index (χ1) is 31.0. The molecule has 294 valence electrons. The average molecular weight is 799 g/mol. The van der Waals surface area contributed by atoms with Gasteiger partial charge in [-0.15, -0.1) is 0 Å². The zero-order valence-corrected chi connectivity index (χ0v) is 35.3. The molecule has 0 N–H and O–H groups in total. The van der Waals surface area contributed by atoms with Crippen LogP contribution in [0.5, 0.6) is 0 Å². The minimum Gasteiger partial charge on any atom is -0.0619 e. The van der Waals surface area contributed by atoms with Crippen LogP contribution in [-0.2, 0) is 5.41 Å². The third-order valence-corrected chi connectivity index (χ3v) is 14.2. The Bertz CT molecular complexity index is 3820. The van der Waals surface area contributed by atoms with Crippen molar-refractivity contribution in [3.8, 4) is 55.6 Å². The third kappa shape index (κ3) is 5.35. The summed E-state index contributed by atoms with van der Waals surface area (Å²) in [7, 11) is 0. The zero-order chi connectivity index (χ0) is 41.8. The van der Waals surface area contributed by atoms with Crippen LogP contribution in [0.1, 0.15) is 25.0 Å². The van der Waals surface area contributed by atoms with Crippen molar-refractivity contribution in [3.05, 3.63) is 230 Å². The highest BCUT2D eigenvalue weighted by atomic mass is 14.4. The Morgan fingerprint density at radius 2 is 0.587 bits per heavy atom. The molecule has 0 saturated carbocycles. The second-order valence-electron chi connectivity index (χ2n) is 18.0. The lowest BCUT2D eigenvalue weighted by molar-refractivity contribution is 0.660. The van der Waals surface area contributed by atoms with Crippen molar-refractivity contribution < 1.29 is 0 Å². The summed E-state index contributed by atoms with van der Waals surface area (Å²) >= 11 is 0. The minimum atomic E-state index is -0.0567. The third-order valence-electron chi connectivity index (χ3n) is 14.2. The molecule has 0 heterocycles. The predicted molar refractivity (Wildman–Crippen MR) is 271 cm³/mol. The molecule has 0 bridgehead atoms. The standard InChI is InChI=1S/C63H42/c1-63(2)57-26-14-13-19-47(57)55-37-46(32-34-58(55)63)61-52-24-11-12-25-53(52)62(44-30-28-40-16-4-6-18-42(40)36-44)56-38-45(31-33-54(56)61)60-50-22-9-7-20-48(50)59(49-21-8-10-23-51(49)60)43-29-27-39-15-3-5-17-41(39)35-43/h3-38H,1-2H3. The number of fused-ring (bicyclic) bond motifs is 9. The van der Waals surface area contributed by atoms with Gasteiger partial charge in [0.2, 0.25) is 0 Å². The molecule has 12 aromatic carbocycles. The van der Waals surface area contributed by atoms with Gasteiger partial charge in [0.25, 0.3) is 0 Å². The van der Waals surface area contributed by atoms with Crippen LogP contribution in [0.2, 0.25) is 0 Å². The summed E-state index contributed by atoms with van der Waals surface area (Å²) in [4.78, 5) is 0. The first kappa shape index (κ1) is 35.9. The van der Waals surface area contributed by atoms with Gasteiger partial charge in [-0.3, -0.25) is 0 Å². The van der Waals surface area contributed by atoms with Gasteiger partial charge in [0.15, 0.2) is 0 Å². The first-order valence-electron chi connectivity index (χ1n) is 22.2. The second-order valence-corrected chi connectivity index (χ2v) is 18.0. The van der Waals surface area contributed by atoms with E-state index in [1.54, 1.807) is 0 Å². The summed E-state index contributed by atoms with van der Waals surface area (Å²) < 4.78 is 0. The van der Waals surface area contributed by atoms with E-state index >= 15 is 0 Å². The van der Waals surface area contributed by atoms with Gasteiger partial charge in [-0.25, -0.2) is 0 Å². The Morgan fingerprint density at radius 1 is 0.238 bits per heavy atom. The Kier molecular flexibility index (Phi) is 7.75. The molecule has 0 saturated heterocycles. The van der Waals surface area contributed by atoms with E-state index in [0.717, 1.165) is 0 Å². The van der Waals surface area contributed by atoms with Crippen LogP contribution < -0.4 is 0 Å². The highest BCUT2D eigenvalue weighted by molar-refractivity contribution is 6.25. The first-order valence-corrected chi connectivity index (χ1v) is 22.2. The largest absolute Gasteiger partial charge is 0.0619 e. The summed E-state index contributed by atoms with van der Waals surface area (Å²) in [6.07, 6.45) is 0. The van der Waals surface area contributed by atoms with Gasteiger partial charge in [0.1, 0.15) is 0 Å². The fraction of sp³-hybridized carbons (Fsp3) is 0.0476. The SMILES string of the molecule is CC1(C)c2ccccc2-c2cc(-c3c4ccccc4c(-c4ccc5ccccc5c4)c4cc(-c5c6ccccc6c(-c6ccc7ccccc7c6)c6ccccc56)ccc34)ccc21. The Balaban J connectivity index is 1.13. The van der Waals surface area contributed by atoms with Gasteiger partial charge in [0, 0.05) is 5.41 Å². The van der Waals surface area contributed by atoms with E-state index < -0.39 is 0 Å². The van der Waals surface area contributed by atoms with Crippen LogP contribution in [0, 0.1) is 0 Å². The highest BCUT2D eigenvalue weighted by Crippen LogP contribution is 2.52. The van der Waals surface area contributed by atoms with E-state index in [2.05, 4.69) is 232 Å². The van der Waals surface area contributed by atoms with E-state index in [1.807, 2.05) is 0 Å². The van der Waals surface area contributed by atoms with Crippen LogP contribution in [0.15, 0.2) is 218 Å². The van der Waals surface area contributed by atoms with Crippen LogP contribution in [-0.4, -0.2) is 0 Å². The van der Waals surface area contributed by atoms with Crippen molar-refractivity contribution >= 4 is 64.6 Å². The fourth-order valence-electron chi connectivity index (χ4n) is 11.3. The molecule has 1 aliphatic rings. The lowest BCUT2D eigenvalue weighted by Gasteiger charge is -2.22. The molecule has 0 heteroatoms. The van der Waals surface area contributed by atoms with E-state index in [0.29, 0.717) is 0 Å². The molecule has 0 aromatic heterocycles. The van der Waals surface area contributed by atoms with Gasteiger partial charge in [-0.2, -0.15) is 0 Å². The molecule has 0 amide bonds. The molecule has 12 aromatic rings. The smallest absolute Gasteiger partial charge is 0.0158 e. The summed E-state index contributed by atoms with van der Waals surface area (Å²) in [5, 5.41) is 15.1. The molecule has 13 rings (SSSR count). The summed E-state index contributed by atoms with van der Waals surface area (Å²) in [6, 6.07) is 82.0. The topological polar surface area (TPSA) is 0 Å². The van der Waals surface area contributed by atoms with Crippen molar-refractivity contribution in [1.82, 2.24) is 0 Å². The molecule has 0 aliphatic heterocycles. The molecule has 0 unspecified atom stereocenters. The van der Waals surface area contributed by atoms with E-state index in [1.165, 1.54) is 131 Å². The quantitative estimate of drug-likeness (QED) is 0.156. The van der Waals surface area contributed by atoms with Crippen LogP contribution in [0.3, 0.4) is 0 Å². The van der Waals surface area contributed by atoms with E-state index in [9.17, 15) is 0 Å². The van der Waals surface area contributed by atoms with E-state index in [4.69, 9.17) is 0 Å². The van der Waals surface area contributed by atoms with Crippen molar-refractivity contribution in [2.24, 2.45) is 0 Å². The Labute approximate surface area is 367 Å². The molecule has 1 aliphatic carbocycles. The Hall–Kier alpha value is -7.80. The fourth-order valence-corrected chi connectivity index (χ4v) is 11.3. The number of benzene rings is 12. The molecular weight excluding hydrogens is 757 g/mol.